The van der Waals surface area contributed by atoms with Crippen LogP contribution in [-0.4, -0.2) is 63.8 Å². The Bertz CT molecular complexity index is 242. The van der Waals surface area contributed by atoms with Crippen LogP contribution in [0.4, 0.5) is 0 Å². The van der Waals surface area contributed by atoms with Crippen LogP contribution in [0, 0.1) is 5.92 Å². The third kappa shape index (κ3) is 6.33. The highest BCUT2D eigenvalue weighted by Gasteiger charge is 2.16. The molecule has 0 aliphatic carbocycles. The van der Waals surface area contributed by atoms with Crippen molar-refractivity contribution < 1.29 is 9.53 Å². The molecule has 1 amide bonds. The van der Waals surface area contributed by atoms with E-state index in [1.54, 1.807) is 7.11 Å². The first kappa shape index (κ1) is 15.4. The van der Waals surface area contributed by atoms with Crippen molar-refractivity contribution in [1.82, 2.24) is 15.5 Å². The Morgan fingerprint density at radius 2 is 2.17 bits per heavy atom. The van der Waals surface area contributed by atoms with Crippen LogP contribution in [-0.2, 0) is 9.53 Å². The Hall–Kier alpha value is -0.650. The summed E-state index contributed by atoms with van der Waals surface area (Å²) in [6, 6.07) is 0.0785. The molecule has 2 N–H and O–H groups in total. The Morgan fingerprint density at radius 1 is 1.50 bits per heavy atom. The summed E-state index contributed by atoms with van der Waals surface area (Å²) in [5, 5.41) is 6.29. The van der Waals surface area contributed by atoms with E-state index in [9.17, 15) is 4.79 Å². The summed E-state index contributed by atoms with van der Waals surface area (Å²) in [6.45, 7) is 6.20. The first-order valence-corrected chi connectivity index (χ1v) is 6.79. The molecule has 1 saturated heterocycles. The van der Waals surface area contributed by atoms with Crippen LogP contribution < -0.4 is 10.6 Å². The van der Waals surface area contributed by atoms with Crippen molar-refractivity contribution in [2.24, 2.45) is 5.92 Å². The van der Waals surface area contributed by atoms with Gasteiger partial charge in [-0.1, -0.05) is 0 Å². The number of carbonyl (C=O) groups is 1. The summed E-state index contributed by atoms with van der Waals surface area (Å²) in [5.41, 5.74) is 0. The summed E-state index contributed by atoms with van der Waals surface area (Å²) >= 11 is 0. The third-order valence-corrected chi connectivity index (χ3v) is 3.27. The van der Waals surface area contributed by atoms with Crippen molar-refractivity contribution in [1.29, 1.82) is 0 Å². The number of hydrogen-bond donors (Lipinski definition) is 2. The van der Waals surface area contributed by atoms with Gasteiger partial charge in [0, 0.05) is 19.7 Å². The molecule has 1 rings (SSSR count). The zero-order chi connectivity index (χ0) is 13.4. The number of piperidine rings is 1. The summed E-state index contributed by atoms with van der Waals surface area (Å²) in [5.74, 6) is 0.802. The monoisotopic (exact) mass is 257 g/mol. The van der Waals surface area contributed by atoms with E-state index in [0.29, 0.717) is 13.2 Å². The Morgan fingerprint density at radius 3 is 2.78 bits per heavy atom. The molecule has 0 spiro atoms. The quantitative estimate of drug-likeness (QED) is 0.678. The van der Waals surface area contributed by atoms with E-state index in [2.05, 4.69) is 15.5 Å². The number of hydrogen-bond acceptors (Lipinski definition) is 4. The molecule has 1 fully saturated rings. The maximum absolute atomic E-state index is 11.8. The molecule has 1 atom stereocenters. The molecule has 1 heterocycles. The summed E-state index contributed by atoms with van der Waals surface area (Å²) < 4.78 is 5.00. The second-order valence-electron chi connectivity index (χ2n) is 5.31. The van der Waals surface area contributed by atoms with Gasteiger partial charge >= 0.3 is 0 Å². The lowest BCUT2D eigenvalue weighted by atomic mass is 9.98. The molecule has 0 aromatic heterocycles. The third-order valence-electron chi connectivity index (χ3n) is 3.27. The van der Waals surface area contributed by atoms with Gasteiger partial charge in [-0.15, -0.1) is 0 Å². The zero-order valence-electron chi connectivity index (χ0n) is 11.9. The Balaban J connectivity index is 2.17. The fourth-order valence-corrected chi connectivity index (χ4v) is 2.43. The molecule has 1 unspecified atom stereocenters. The van der Waals surface area contributed by atoms with E-state index in [1.165, 1.54) is 12.8 Å². The fraction of sp³-hybridized carbons (Fsp3) is 0.923. The zero-order valence-corrected chi connectivity index (χ0v) is 11.9. The Labute approximate surface area is 110 Å². The van der Waals surface area contributed by atoms with Crippen LogP contribution in [0.25, 0.3) is 0 Å². The average Bonchev–Trinajstić information content (AvgIpc) is 2.29. The molecular weight excluding hydrogens is 230 g/mol. The largest absolute Gasteiger partial charge is 0.383 e. The highest BCUT2D eigenvalue weighted by molar-refractivity contribution is 5.78. The lowest BCUT2D eigenvalue weighted by Crippen LogP contribution is -2.43. The SMILES string of the molecule is COCC(C)NC(=O)CN(C)CC1CCNCC1. The van der Waals surface area contributed by atoms with Crippen molar-refractivity contribution >= 4 is 5.91 Å². The second kappa shape index (κ2) is 8.45. The van der Waals surface area contributed by atoms with Crippen molar-refractivity contribution in [2.75, 3.05) is 46.9 Å². The Kier molecular flexibility index (Phi) is 7.23. The van der Waals surface area contributed by atoms with Gasteiger partial charge in [-0.2, -0.15) is 0 Å². The van der Waals surface area contributed by atoms with Gasteiger partial charge in [0.25, 0.3) is 0 Å². The molecule has 0 saturated carbocycles. The summed E-state index contributed by atoms with van der Waals surface area (Å²) in [7, 11) is 3.66. The molecule has 1 aliphatic rings. The van der Waals surface area contributed by atoms with Crippen molar-refractivity contribution in [2.45, 2.75) is 25.8 Å². The van der Waals surface area contributed by atoms with Gasteiger partial charge < -0.3 is 15.4 Å². The maximum atomic E-state index is 11.8. The number of rotatable bonds is 7. The van der Waals surface area contributed by atoms with Gasteiger partial charge in [0.2, 0.25) is 5.91 Å². The fourth-order valence-electron chi connectivity index (χ4n) is 2.43. The minimum atomic E-state index is 0.0785. The van der Waals surface area contributed by atoms with Crippen molar-refractivity contribution in [3.05, 3.63) is 0 Å². The summed E-state index contributed by atoms with van der Waals surface area (Å²) in [6.07, 6.45) is 2.43. The van der Waals surface area contributed by atoms with Crippen molar-refractivity contribution in [3.8, 4) is 0 Å². The minimum Gasteiger partial charge on any atom is -0.383 e. The number of carbonyl (C=O) groups excluding carboxylic acids is 1. The van der Waals surface area contributed by atoms with E-state index in [1.807, 2.05) is 14.0 Å². The van der Waals surface area contributed by atoms with Crippen LogP contribution in [0.15, 0.2) is 0 Å². The van der Waals surface area contributed by atoms with Crippen LogP contribution in [0.5, 0.6) is 0 Å². The maximum Gasteiger partial charge on any atom is 0.234 e. The normalized spacial score (nSPS) is 18.9. The standard InChI is InChI=1S/C13H27N3O2/c1-11(10-18-3)15-13(17)9-16(2)8-12-4-6-14-7-5-12/h11-12,14H,4-10H2,1-3H3,(H,15,17). The van der Waals surface area contributed by atoms with Gasteiger partial charge in [0.15, 0.2) is 0 Å². The molecular formula is C13H27N3O2. The number of likely N-dealkylation sites (N-methyl/N-ethyl adjacent to an activating group) is 1. The van der Waals surface area contributed by atoms with Crippen molar-refractivity contribution in [3.63, 3.8) is 0 Å². The predicted molar refractivity (Wildman–Crippen MR) is 72.6 cm³/mol. The summed E-state index contributed by atoms with van der Waals surface area (Å²) in [4.78, 5) is 13.9. The molecule has 5 nitrogen and oxygen atoms in total. The minimum absolute atomic E-state index is 0.0785. The van der Waals surface area contributed by atoms with Gasteiger partial charge in [-0.05, 0) is 45.8 Å². The lowest BCUT2D eigenvalue weighted by molar-refractivity contribution is -0.123. The van der Waals surface area contributed by atoms with E-state index in [4.69, 9.17) is 4.74 Å². The number of ether oxygens (including phenoxy) is 1. The topological polar surface area (TPSA) is 53.6 Å². The van der Waals surface area contributed by atoms with Gasteiger partial charge in [-0.25, -0.2) is 0 Å². The lowest BCUT2D eigenvalue weighted by Gasteiger charge is -2.27. The highest BCUT2D eigenvalue weighted by Crippen LogP contribution is 2.12. The number of amides is 1. The van der Waals surface area contributed by atoms with E-state index in [0.717, 1.165) is 25.6 Å². The van der Waals surface area contributed by atoms with E-state index < -0.39 is 0 Å². The molecule has 106 valence electrons. The molecule has 0 aromatic rings. The van der Waals surface area contributed by atoms with Crippen LogP contribution in [0.2, 0.25) is 0 Å². The highest BCUT2D eigenvalue weighted by atomic mass is 16.5. The molecule has 18 heavy (non-hydrogen) atoms. The first-order valence-electron chi connectivity index (χ1n) is 6.79. The van der Waals surface area contributed by atoms with Crippen LogP contribution in [0.3, 0.4) is 0 Å². The first-order chi connectivity index (χ1) is 8.61. The molecule has 1 aliphatic heterocycles. The van der Waals surface area contributed by atoms with Crippen LogP contribution in [0.1, 0.15) is 19.8 Å². The van der Waals surface area contributed by atoms with Gasteiger partial charge in [0.1, 0.15) is 0 Å². The van der Waals surface area contributed by atoms with E-state index in [-0.39, 0.29) is 11.9 Å². The van der Waals surface area contributed by atoms with Gasteiger partial charge in [0.05, 0.1) is 13.2 Å². The number of methoxy groups -OCH3 is 1. The number of nitrogens with one attached hydrogen (secondary N) is 2. The average molecular weight is 257 g/mol. The van der Waals surface area contributed by atoms with Crippen LogP contribution >= 0.6 is 0 Å². The molecule has 0 bridgehead atoms. The predicted octanol–water partition coefficient (Wildman–Crippen LogP) is 0.0689. The molecule has 5 heteroatoms. The molecule has 0 aromatic carbocycles. The second-order valence-corrected chi connectivity index (χ2v) is 5.31. The molecule has 0 radical (unpaired) electrons. The van der Waals surface area contributed by atoms with E-state index >= 15 is 0 Å². The van der Waals surface area contributed by atoms with Gasteiger partial charge in [-0.3, -0.25) is 9.69 Å². The number of nitrogens with zero attached hydrogens (tertiary/aromatic N) is 1. The smallest absolute Gasteiger partial charge is 0.234 e.